The fourth-order valence-corrected chi connectivity index (χ4v) is 5.34. The van der Waals surface area contributed by atoms with Crippen molar-refractivity contribution in [2.75, 3.05) is 10.6 Å². The molecule has 0 fully saturated rings. The van der Waals surface area contributed by atoms with Crippen LogP contribution in [0.1, 0.15) is 28.6 Å². The number of thiophene rings is 1. The molecule has 0 saturated carbocycles. The number of hydrogen-bond donors (Lipinski definition) is 3. The highest BCUT2D eigenvalue weighted by Gasteiger charge is 2.19. The summed E-state index contributed by atoms with van der Waals surface area (Å²) in [5.41, 5.74) is 1.79. The molecule has 4 aromatic rings. The van der Waals surface area contributed by atoms with Gasteiger partial charge in [-0.05, 0) is 78.5 Å². The third-order valence-electron chi connectivity index (χ3n) is 5.50. The summed E-state index contributed by atoms with van der Waals surface area (Å²) in [6.07, 6.45) is 2.26. The molecule has 1 aromatic heterocycles. The van der Waals surface area contributed by atoms with Crippen LogP contribution in [0.5, 0.6) is 0 Å². The summed E-state index contributed by atoms with van der Waals surface area (Å²) in [5.74, 6) is -0.957. The Balaban J connectivity index is 1.46. The number of carbonyl (C=O) groups excluding carboxylic acids is 3. The number of benzene rings is 3. The van der Waals surface area contributed by atoms with Crippen molar-refractivity contribution in [1.82, 2.24) is 5.32 Å². The van der Waals surface area contributed by atoms with Crippen molar-refractivity contribution in [3.63, 3.8) is 0 Å². The summed E-state index contributed by atoms with van der Waals surface area (Å²) in [5, 5.41) is 10.7. The average Bonchev–Trinajstić information content (AvgIpc) is 3.46. The predicted molar refractivity (Wildman–Crippen MR) is 161 cm³/mol. The molecule has 39 heavy (non-hydrogen) atoms. The smallest absolute Gasteiger partial charge is 0.272 e. The normalized spacial score (nSPS) is 11.9. The van der Waals surface area contributed by atoms with Crippen molar-refractivity contribution >= 4 is 69.9 Å². The second-order valence-electron chi connectivity index (χ2n) is 8.39. The van der Waals surface area contributed by atoms with Crippen molar-refractivity contribution < 1.29 is 14.4 Å². The predicted octanol–water partition coefficient (Wildman–Crippen LogP) is 7.32. The van der Waals surface area contributed by atoms with Crippen molar-refractivity contribution in [2.45, 2.75) is 23.5 Å². The number of thioether (sulfide) groups is 1. The highest BCUT2D eigenvalue weighted by Crippen LogP contribution is 2.29. The lowest BCUT2D eigenvalue weighted by Gasteiger charge is -2.16. The molecule has 6 nitrogen and oxygen atoms in total. The molecule has 9 heteroatoms. The molecular formula is C30H26ClN3O3S2. The van der Waals surface area contributed by atoms with E-state index in [0.717, 1.165) is 9.77 Å². The monoisotopic (exact) mass is 575 g/mol. The molecule has 0 bridgehead atoms. The van der Waals surface area contributed by atoms with E-state index >= 15 is 0 Å². The van der Waals surface area contributed by atoms with Crippen LogP contribution in [0.2, 0.25) is 5.02 Å². The molecule has 198 valence electrons. The molecule has 0 aliphatic heterocycles. The zero-order valence-electron chi connectivity index (χ0n) is 21.0. The van der Waals surface area contributed by atoms with E-state index in [0.29, 0.717) is 28.4 Å². The van der Waals surface area contributed by atoms with Gasteiger partial charge in [0.15, 0.2) is 0 Å². The Labute approximate surface area is 240 Å². The Morgan fingerprint density at radius 3 is 2.36 bits per heavy atom. The maximum absolute atomic E-state index is 13.3. The highest BCUT2D eigenvalue weighted by atomic mass is 35.5. The van der Waals surface area contributed by atoms with Crippen molar-refractivity contribution in [2.24, 2.45) is 0 Å². The van der Waals surface area contributed by atoms with Gasteiger partial charge in [0.2, 0.25) is 5.91 Å². The summed E-state index contributed by atoms with van der Waals surface area (Å²) in [4.78, 5) is 40.6. The van der Waals surface area contributed by atoms with Crippen LogP contribution in [0, 0.1) is 0 Å². The molecule has 1 heterocycles. The van der Waals surface area contributed by atoms with E-state index in [1.807, 2.05) is 48.7 Å². The third kappa shape index (κ3) is 8.32. The molecule has 0 aliphatic rings. The van der Waals surface area contributed by atoms with Gasteiger partial charge in [-0.3, -0.25) is 14.4 Å². The van der Waals surface area contributed by atoms with Crippen molar-refractivity contribution in [3.05, 3.63) is 118 Å². The van der Waals surface area contributed by atoms with Crippen LogP contribution < -0.4 is 16.0 Å². The zero-order chi connectivity index (χ0) is 27.6. The summed E-state index contributed by atoms with van der Waals surface area (Å²) in [6, 6.07) is 26.7. The van der Waals surface area contributed by atoms with Crippen molar-refractivity contribution in [3.8, 4) is 0 Å². The SMILES string of the molecule is CCC(Sc1cccc(NC(=O)/C(=C/c2cccs2)NC(=O)c2ccccc2)c1)C(=O)Nc1ccc(Cl)cc1. The van der Waals surface area contributed by atoms with Crippen LogP contribution in [0.15, 0.2) is 107 Å². The average molecular weight is 576 g/mol. The van der Waals surface area contributed by atoms with E-state index in [1.165, 1.54) is 23.1 Å². The van der Waals surface area contributed by atoms with Crippen LogP contribution in [0.25, 0.3) is 6.08 Å². The van der Waals surface area contributed by atoms with Gasteiger partial charge in [-0.25, -0.2) is 0 Å². The van der Waals surface area contributed by atoms with Crippen LogP contribution in [-0.2, 0) is 9.59 Å². The molecule has 3 amide bonds. The number of hydrogen-bond acceptors (Lipinski definition) is 5. The van der Waals surface area contributed by atoms with Gasteiger partial charge >= 0.3 is 0 Å². The number of rotatable bonds is 10. The Morgan fingerprint density at radius 2 is 1.67 bits per heavy atom. The van der Waals surface area contributed by atoms with Crippen LogP contribution in [-0.4, -0.2) is 23.0 Å². The van der Waals surface area contributed by atoms with E-state index in [2.05, 4.69) is 16.0 Å². The van der Waals surface area contributed by atoms with E-state index in [1.54, 1.807) is 60.7 Å². The lowest BCUT2D eigenvalue weighted by molar-refractivity contribution is -0.116. The quantitative estimate of drug-likeness (QED) is 0.137. The first-order valence-corrected chi connectivity index (χ1v) is 14.3. The van der Waals surface area contributed by atoms with Gasteiger partial charge < -0.3 is 16.0 Å². The molecule has 1 atom stereocenters. The van der Waals surface area contributed by atoms with Gasteiger partial charge in [0.1, 0.15) is 5.70 Å². The standard InChI is InChI=1S/C30H26ClN3O3S2/c1-2-27(30(37)32-22-15-13-21(31)14-16-22)39-25-11-6-10-23(18-25)33-29(36)26(19-24-12-7-17-38-24)34-28(35)20-8-4-3-5-9-20/h3-19,27H,2H2,1H3,(H,32,37)(H,33,36)(H,34,35)/b26-19-. The number of amides is 3. The summed E-state index contributed by atoms with van der Waals surface area (Å²) in [7, 11) is 0. The van der Waals surface area contributed by atoms with Gasteiger partial charge in [0.25, 0.3) is 11.8 Å². The first-order chi connectivity index (χ1) is 18.9. The molecule has 1 unspecified atom stereocenters. The first kappa shape index (κ1) is 28.2. The fraction of sp³-hybridized carbons (Fsp3) is 0.100. The highest BCUT2D eigenvalue weighted by molar-refractivity contribution is 8.00. The number of nitrogens with one attached hydrogen (secondary N) is 3. The van der Waals surface area contributed by atoms with Gasteiger partial charge in [0, 0.05) is 31.7 Å². The lowest BCUT2D eigenvalue weighted by Crippen LogP contribution is -2.30. The Kier molecular flexibility index (Phi) is 9.97. The number of halogens is 1. The van der Waals surface area contributed by atoms with Gasteiger partial charge in [-0.2, -0.15) is 0 Å². The molecule has 0 saturated heterocycles. The minimum absolute atomic E-state index is 0.121. The topological polar surface area (TPSA) is 87.3 Å². The largest absolute Gasteiger partial charge is 0.325 e. The van der Waals surface area contributed by atoms with E-state index in [4.69, 9.17) is 11.6 Å². The maximum atomic E-state index is 13.3. The maximum Gasteiger partial charge on any atom is 0.272 e. The first-order valence-electron chi connectivity index (χ1n) is 12.2. The molecule has 4 rings (SSSR count). The van der Waals surface area contributed by atoms with Crippen LogP contribution in [0.3, 0.4) is 0 Å². The van der Waals surface area contributed by atoms with Gasteiger partial charge in [-0.1, -0.05) is 48.9 Å². The third-order valence-corrected chi connectivity index (χ3v) is 7.93. The number of carbonyl (C=O) groups is 3. The Morgan fingerprint density at radius 1 is 0.897 bits per heavy atom. The van der Waals surface area contributed by atoms with Crippen LogP contribution in [0.4, 0.5) is 11.4 Å². The minimum Gasteiger partial charge on any atom is -0.325 e. The summed E-state index contributed by atoms with van der Waals surface area (Å²) >= 11 is 8.80. The van der Waals surface area contributed by atoms with E-state index in [9.17, 15) is 14.4 Å². The van der Waals surface area contributed by atoms with E-state index in [-0.39, 0.29) is 22.8 Å². The lowest BCUT2D eigenvalue weighted by atomic mass is 10.2. The van der Waals surface area contributed by atoms with Gasteiger partial charge in [-0.15, -0.1) is 23.1 Å². The summed E-state index contributed by atoms with van der Waals surface area (Å²) < 4.78 is 0. The molecule has 3 aromatic carbocycles. The fourth-order valence-electron chi connectivity index (χ4n) is 3.55. The van der Waals surface area contributed by atoms with E-state index < -0.39 is 5.91 Å². The molecular weight excluding hydrogens is 550 g/mol. The van der Waals surface area contributed by atoms with Gasteiger partial charge in [0.05, 0.1) is 5.25 Å². The minimum atomic E-state index is -0.456. The zero-order valence-corrected chi connectivity index (χ0v) is 23.4. The molecule has 0 spiro atoms. The van der Waals surface area contributed by atoms with Crippen molar-refractivity contribution in [1.29, 1.82) is 0 Å². The molecule has 0 aliphatic carbocycles. The van der Waals surface area contributed by atoms with Crippen LogP contribution >= 0.6 is 34.7 Å². The Hall–Kier alpha value is -3.85. The summed E-state index contributed by atoms with van der Waals surface area (Å²) in [6.45, 7) is 1.95. The Bertz CT molecular complexity index is 1460. The molecule has 0 radical (unpaired) electrons. The molecule has 3 N–H and O–H groups in total. The number of anilines is 2. The second kappa shape index (κ2) is 13.8. The second-order valence-corrected chi connectivity index (χ2v) is 11.1.